The minimum absolute atomic E-state index is 0.204. The fraction of sp³-hybridized carbons (Fsp3) is 0.824. The number of hydrogen-bond donors (Lipinski definition) is 0. The molecule has 0 bridgehead atoms. The van der Waals surface area contributed by atoms with E-state index in [4.69, 9.17) is 0 Å². The molecule has 0 saturated heterocycles. The lowest BCUT2D eigenvalue weighted by Gasteiger charge is -2.33. The summed E-state index contributed by atoms with van der Waals surface area (Å²) >= 11 is 0. The van der Waals surface area contributed by atoms with E-state index in [2.05, 4.69) is 14.2 Å². The second kappa shape index (κ2) is 10.1. The van der Waals surface area contributed by atoms with Crippen LogP contribution in [0.4, 0.5) is 39.5 Å². The van der Waals surface area contributed by atoms with E-state index in [-0.39, 0.29) is 12.3 Å². The Kier molecular flexibility index (Phi) is 9.45. The van der Waals surface area contributed by atoms with E-state index in [1.54, 1.807) is 13.8 Å². The Morgan fingerprint density at radius 3 is 1.62 bits per heavy atom. The number of carbonyl (C=O) groups is 3. The van der Waals surface area contributed by atoms with Crippen molar-refractivity contribution in [1.82, 2.24) is 0 Å². The first-order valence-corrected chi connectivity index (χ1v) is 8.79. The molecule has 0 aliphatic heterocycles. The largest absolute Gasteiger partial charge is 0.456 e. The summed E-state index contributed by atoms with van der Waals surface area (Å²) in [5, 5.41) is 0. The summed E-state index contributed by atoms with van der Waals surface area (Å²) in [6, 6.07) is 0. The van der Waals surface area contributed by atoms with Crippen LogP contribution in [0.2, 0.25) is 0 Å². The van der Waals surface area contributed by atoms with Crippen LogP contribution in [-0.4, -0.2) is 55.3 Å². The van der Waals surface area contributed by atoms with E-state index < -0.39 is 74.0 Å². The van der Waals surface area contributed by atoms with Crippen molar-refractivity contribution in [3.63, 3.8) is 0 Å². The van der Waals surface area contributed by atoms with Gasteiger partial charge < -0.3 is 14.2 Å². The second-order valence-corrected chi connectivity index (χ2v) is 7.69. The van der Waals surface area contributed by atoms with E-state index in [1.165, 1.54) is 0 Å². The van der Waals surface area contributed by atoms with Crippen molar-refractivity contribution in [1.29, 1.82) is 0 Å². The summed E-state index contributed by atoms with van der Waals surface area (Å²) in [5.41, 5.74) is -6.78. The Morgan fingerprint density at radius 1 is 0.781 bits per heavy atom. The summed E-state index contributed by atoms with van der Waals surface area (Å²) in [6.45, 7) is 0.0689. The number of halogens is 9. The molecule has 32 heavy (non-hydrogen) atoms. The fourth-order valence-corrected chi connectivity index (χ4v) is 2.49. The minimum atomic E-state index is -6.04. The summed E-state index contributed by atoms with van der Waals surface area (Å²) in [4.78, 5) is 35.5. The zero-order valence-corrected chi connectivity index (χ0v) is 17.3. The van der Waals surface area contributed by atoms with Crippen LogP contribution in [0.3, 0.4) is 0 Å². The van der Waals surface area contributed by atoms with Crippen molar-refractivity contribution in [3.05, 3.63) is 0 Å². The van der Waals surface area contributed by atoms with Gasteiger partial charge in [0.2, 0.25) is 0 Å². The molecule has 6 nitrogen and oxygen atoms in total. The van der Waals surface area contributed by atoms with Crippen LogP contribution in [0.1, 0.15) is 40.5 Å². The molecule has 0 aromatic rings. The molecule has 1 unspecified atom stereocenters. The van der Waals surface area contributed by atoms with Gasteiger partial charge in [0, 0.05) is 0 Å². The highest BCUT2D eigenvalue weighted by Gasteiger charge is 2.71. The maximum atomic E-state index is 12.8. The maximum Gasteiger partial charge on any atom is 0.437 e. The van der Waals surface area contributed by atoms with Crippen molar-refractivity contribution in [2.75, 3.05) is 13.2 Å². The molecule has 188 valence electrons. The van der Waals surface area contributed by atoms with Gasteiger partial charge in [0.05, 0.1) is 11.8 Å². The van der Waals surface area contributed by atoms with Gasteiger partial charge in [-0.3, -0.25) is 9.59 Å². The average Bonchev–Trinajstić information content (AvgIpc) is 2.54. The van der Waals surface area contributed by atoms with Gasteiger partial charge in [-0.05, 0) is 26.2 Å². The van der Waals surface area contributed by atoms with Crippen LogP contribution in [0.15, 0.2) is 0 Å². The fourth-order valence-electron chi connectivity index (χ4n) is 2.49. The normalized spacial score (nSPS) is 15.2. The predicted octanol–water partition coefficient (Wildman–Crippen LogP) is 4.50. The molecule has 0 amide bonds. The second-order valence-electron chi connectivity index (χ2n) is 7.69. The topological polar surface area (TPSA) is 78.9 Å². The van der Waals surface area contributed by atoms with Crippen LogP contribution in [0.5, 0.6) is 0 Å². The average molecular weight is 492 g/mol. The molecule has 0 spiro atoms. The van der Waals surface area contributed by atoms with E-state index in [0.29, 0.717) is 0 Å². The molecule has 1 atom stereocenters. The molecule has 0 aromatic carbocycles. The molecule has 15 heteroatoms. The van der Waals surface area contributed by atoms with E-state index in [0.717, 1.165) is 6.92 Å². The number of esters is 3. The number of hydrogen-bond acceptors (Lipinski definition) is 6. The van der Waals surface area contributed by atoms with Crippen molar-refractivity contribution in [2.45, 2.75) is 64.7 Å². The first-order chi connectivity index (χ1) is 14.0. The molecule has 0 radical (unpaired) electrons. The zero-order valence-electron chi connectivity index (χ0n) is 17.3. The predicted molar refractivity (Wildman–Crippen MR) is 86.8 cm³/mol. The van der Waals surface area contributed by atoms with Crippen LogP contribution in [0, 0.1) is 11.3 Å². The molecule has 0 saturated carbocycles. The van der Waals surface area contributed by atoms with Crippen molar-refractivity contribution >= 4 is 17.9 Å². The van der Waals surface area contributed by atoms with E-state index in [1.807, 2.05) is 0 Å². The Hall–Kier alpha value is -2.22. The summed E-state index contributed by atoms with van der Waals surface area (Å²) in [5.74, 6) is -5.46. The smallest absolute Gasteiger partial charge is 0.437 e. The summed E-state index contributed by atoms with van der Waals surface area (Å²) in [6.07, 6.45) is -18.1. The van der Waals surface area contributed by atoms with Crippen molar-refractivity contribution < 1.29 is 68.1 Å². The number of rotatable bonds is 9. The molecule has 0 aliphatic carbocycles. The lowest BCUT2D eigenvalue weighted by molar-refractivity contribution is -0.363. The van der Waals surface area contributed by atoms with Gasteiger partial charge in [0.15, 0.2) is 13.2 Å². The zero-order chi connectivity index (χ0) is 25.8. The summed E-state index contributed by atoms with van der Waals surface area (Å²) in [7, 11) is 0. The van der Waals surface area contributed by atoms with Crippen LogP contribution in [0.25, 0.3) is 0 Å². The van der Waals surface area contributed by atoms with Crippen LogP contribution < -0.4 is 0 Å². The molecule has 0 aromatic heterocycles. The molecule has 0 rings (SSSR count). The third-order valence-electron chi connectivity index (χ3n) is 4.00. The third-order valence-corrected chi connectivity index (χ3v) is 4.00. The Labute approximate surface area is 176 Å². The first kappa shape index (κ1) is 29.8. The van der Waals surface area contributed by atoms with Gasteiger partial charge in [-0.2, -0.15) is 39.5 Å². The number of carbonyl (C=O) groups excluding carboxylic acids is 3. The lowest BCUT2D eigenvalue weighted by Crippen LogP contribution is -2.57. The highest BCUT2D eigenvalue weighted by Crippen LogP contribution is 2.45. The van der Waals surface area contributed by atoms with Gasteiger partial charge in [-0.1, -0.05) is 13.8 Å². The van der Waals surface area contributed by atoms with Crippen molar-refractivity contribution in [2.24, 2.45) is 11.3 Å². The van der Waals surface area contributed by atoms with Gasteiger partial charge in [0.25, 0.3) is 5.60 Å². The maximum absolute atomic E-state index is 12.8. The third kappa shape index (κ3) is 8.73. The van der Waals surface area contributed by atoms with Crippen molar-refractivity contribution in [3.8, 4) is 0 Å². The molecule has 0 fully saturated rings. The first-order valence-electron chi connectivity index (χ1n) is 8.79. The molecule has 0 heterocycles. The molecule has 0 N–H and O–H groups in total. The van der Waals surface area contributed by atoms with Crippen LogP contribution in [-0.2, 0) is 28.6 Å². The van der Waals surface area contributed by atoms with E-state index in [9.17, 15) is 53.9 Å². The van der Waals surface area contributed by atoms with E-state index >= 15 is 0 Å². The highest BCUT2D eigenvalue weighted by molar-refractivity contribution is 5.84. The Bertz CT molecular complexity index is 667. The number of ether oxygens (including phenoxy) is 3. The highest BCUT2D eigenvalue weighted by atomic mass is 19.4. The van der Waals surface area contributed by atoms with Gasteiger partial charge >= 0.3 is 36.4 Å². The molecular weight excluding hydrogens is 471 g/mol. The monoisotopic (exact) mass is 492 g/mol. The molecule has 0 aliphatic rings. The quantitative estimate of drug-likeness (QED) is 0.268. The lowest BCUT2D eigenvalue weighted by atomic mass is 9.79. The molecular formula is C17H21F9O6. The standard InChI is InChI=1S/C17H21F9O6/c1-9(2)5-13(3,6-10(27)31-8-15(18,19)20)12(29)30-7-11(28)32-14(4,16(21,22)23)17(24,25)26/h9H,5-8H2,1-4H3. The number of alkyl halides is 9. The Morgan fingerprint density at radius 2 is 1.25 bits per heavy atom. The van der Waals surface area contributed by atoms with Gasteiger partial charge in [-0.25, -0.2) is 4.79 Å². The van der Waals surface area contributed by atoms with Gasteiger partial charge in [0.1, 0.15) is 0 Å². The SMILES string of the molecule is CC(C)CC(C)(CC(=O)OCC(F)(F)F)C(=O)OCC(=O)OC(C)(C(F)(F)F)C(F)(F)F. The van der Waals surface area contributed by atoms with Gasteiger partial charge in [-0.15, -0.1) is 0 Å². The summed E-state index contributed by atoms with van der Waals surface area (Å²) < 4.78 is 125. The Balaban J connectivity index is 5.31. The minimum Gasteiger partial charge on any atom is -0.456 e. The van der Waals surface area contributed by atoms with Crippen LogP contribution >= 0.6 is 0 Å².